The Morgan fingerprint density at radius 2 is 1.89 bits per heavy atom. The molecule has 0 amide bonds. The highest BCUT2D eigenvalue weighted by Crippen LogP contribution is 2.31. The van der Waals surface area contributed by atoms with Gasteiger partial charge in [0.05, 0.1) is 11.4 Å². The van der Waals surface area contributed by atoms with Crippen molar-refractivity contribution in [2.75, 3.05) is 10.6 Å². The maximum absolute atomic E-state index is 10.1. The Kier molecular flexibility index (Phi) is 5.58. The summed E-state index contributed by atoms with van der Waals surface area (Å²) in [5, 5.41) is 17.3. The van der Waals surface area contributed by atoms with Crippen LogP contribution in [0, 0.1) is 0 Å². The zero-order chi connectivity index (χ0) is 19.3. The van der Waals surface area contributed by atoms with Gasteiger partial charge in [0, 0.05) is 35.1 Å². The molecule has 3 N–H and O–H groups in total. The van der Waals surface area contributed by atoms with Gasteiger partial charge in [-0.3, -0.25) is 4.98 Å². The molecule has 0 radical (unpaired) electrons. The number of pyridine rings is 1. The van der Waals surface area contributed by atoms with Crippen molar-refractivity contribution in [2.45, 2.75) is 38.1 Å². The molecule has 0 unspecified atom stereocenters. The van der Waals surface area contributed by atoms with Crippen LogP contribution in [-0.2, 0) is 0 Å². The first kappa shape index (κ1) is 18.5. The summed E-state index contributed by atoms with van der Waals surface area (Å²) in [5.74, 6) is 1.25. The fourth-order valence-electron chi connectivity index (χ4n) is 3.41. The molecule has 0 bridgehead atoms. The van der Waals surface area contributed by atoms with Crippen molar-refractivity contribution in [3.05, 3.63) is 53.8 Å². The van der Waals surface area contributed by atoms with E-state index in [2.05, 4.69) is 25.6 Å². The van der Waals surface area contributed by atoms with Gasteiger partial charge in [0.25, 0.3) is 0 Å². The van der Waals surface area contributed by atoms with Crippen molar-refractivity contribution < 1.29 is 5.11 Å². The highest BCUT2D eigenvalue weighted by atomic mass is 35.5. The Morgan fingerprint density at radius 1 is 1.04 bits per heavy atom. The Balaban J connectivity index is 1.67. The molecule has 6 nitrogen and oxygen atoms in total. The number of nitrogens with one attached hydrogen (secondary N) is 2. The Hall–Kier alpha value is -2.86. The highest BCUT2D eigenvalue weighted by molar-refractivity contribution is 6.31. The lowest BCUT2D eigenvalue weighted by Crippen LogP contribution is -2.23. The zero-order valence-corrected chi connectivity index (χ0v) is 16.2. The minimum Gasteiger partial charge on any atom is -0.506 e. The molecule has 2 aromatic heterocycles. The number of phenolic OH excluding ortho intramolecular Hbond substituents is 1. The van der Waals surface area contributed by atoms with E-state index < -0.39 is 0 Å². The molecule has 1 fully saturated rings. The van der Waals surface area contributed by atoms with Crippen molar-refractivity contribution >= 4 is 29.1 Å². The molecule has 0 atom stereocenters. The van der Waals surface area contributed by atoms with E-state index >= 15 is 0 Å². The lowest BCUT2D eigenvalue weighted by molar-refractivity contribution is 0.461. The second-order valence-electron chi connectivity index (χ2n) is 6.97. The number of aromatic hydroxyl groups is 1. The summed E-state index contributed by atoms with van der Waals surface area (Å²) in [7, 11) is 0. The number of anilines is 3. The van der Waals surface area contributed by atoms with Crippen LogP contribution in [0.15, 0.2) is 48.8 Å². The van der Waals surface area contributed by atoms with E-state index in [-0.39, 0.29) is 5.75 Å². The van der Waals surface area contributed by atoms with Gasteiger partial charge in [0.1, 0.15) is 11.6 Å². The predicted molar refractivity (Wildman–Crippen MR) is 112 cm³/mol. The number of aromatic nitrogens is 3. The first-order valence-electron chi connectivity index (χ1n) is 9.49. The van der Waals surface area contributed by atoms with Crippen molar-refractivity contribution in [1.82, 2.24) is 15.0 Å². The van der Waals surface area contributed by atoms with Crippen molar-refractivity contribution in [3.8, 4) is 17.0 Å². The number of nitrogens with zero attached hydrogens (tertiary/aromatic N) is 3. The minimum atomic E-state index is 0.104. The van der Waals surface area contributed by atoms with Crippen LogP contribution in [0.3, 0.4) is 0 Å². The van der Waals surface area contributed by atoms with Crippen molar-refractivity contribution in [1.29, 1.82) is 0 Å². The smallest absolute Gasteiger partial charge is 0.225 e. The van der Waals surface area contributed by atoms with Crippen LogP contribution in [0.25, 0.3) is 11.3 Å². The maximum Gasteiger partial charge on any atom is 0.225 e. The standard InChI is InChI=1S/C21H22ClN5O/c22-15-8-9-19(28)18(11-15)25-20-12-17(14-5-4-10-23-13-14)26-21(27-20)24-16-6-2-1-3-7-16/h4-5,8-13,16,28H,1-3,6-7H2,(H2,24,25,26,27). The van der Waals surface area contributed by atoms with E-state index in [4.69, 9.17) is 11.6 Å². The number of benzene rings is 1. The third kappa shape index (κ3) is 4.51. The van der Waals surface area contributed by atoms with Crippen LogP contribution in [0.5, 0.6) is 5.75 Å². The Morgan fingerprint density at radius 3 is 2.68 bits per heavy atom. The van der Waals surface area contributed by atoms with E-state index in [9.17, 15) is 5.11 Å². The Bertz CT molecular complexity index is 945. The van der Waals surface area contributed by atoms with E-state index in [1.54, 1.807) is 30.6 Å². The summed E-state index contributed by atoms with van der Waals surface area (Å²) >= 11 is 6.07. The third-order valence-electron chi connectivity index (χ3n) is 4.84. The number of hydrogen-bond acceptors (Lipinski definition) is 6. The van der Waals surface area contributed by atoms with E-state index in [0.717, 1.165) is 24.1 Å². The third-order valence-corrected chi connectivity index (χ3v) is 5.08. The highest BCUT2D eigenvalue weighted by Gasteiger charge is 2.16. The molecule has 0 spiro atoms. The summed E-state index contributed by atoms with van der Waals surface area (Å²) < 4.78 is 0. The topological polar surface area (TPSA) is 83.0 Å². The summed E-state index contributed by atoms with van der Waals surface area (Å²) in [6.07, 6.45) is 9.48. The van der Waals surface area contributed by atoms with Crippen LogP contribution in [-0.4, -0.2) is 26.1 Å². The molecule has 7 heteroatoms. The molecule has 1 aliphatic rings. The monoisotopic (exact) mass is 395 g/mol. The molecule has 4 rings (SSSR count). The van der Waals surface area contributed by atoms with Crippen LogP contribution in [0.2, 0.25) is 5.02 Å². The van der Waals surface area contributed by atoms with Gasteiger partial charge in [-0.2, -0.15) is 4.98 Å². The molecule has 144 valence electrons. The molecular formula is C21H22ClN5O. The van der Waals surface area contributed by atoms with Gasteiger partial charge in [-0.1, -0.05) is 30.9 Å². The van der Waals surface area contributed by atoms with E-state index in [1.807, 2.05) is 18.2 Å². The van der Waals surface area contributed by atoms with Gasteiger partial charge in [-0.25, -0.2) is 4.98 Å². The van der Waals surface area contributed by atoms with Crippen LogP contribution in [0.1, 0.15) is 32.1 Å². The average molecular weight is 396 g/mol. The van der Waals surface area contributed by atoms with Crippen molar-refractivity contribution in [2.24, 2.45) is 0 Å². The zero-order valence-electron chi connectivity index (χ0n) is 15.4. The predicted octanol–water partition coefficient (Wildman–Crippen LogP) is 5.39. The number of hydrogen-bond donors (Lipinski definition) is 3. The summed E-state index contributed by atoms with van der Waals surface area (Å²) in [6.45, 7) is 0. The fourth-order valence-corrected chi connectivity index (χ4v) is 3.59. The van der Waals surface area contributed by atoms with Crippen molar-refractivity contribution in [3.63, 3.8) is 0 Å². The summed E-state index contributed by atoms with van der Waals surface area (Å²) in [4.78, 5) is 13.5. The van der Waals surface area contributed by atoms with E-state index in [1.165, 1.54) is 19.3 Å². The van der Waals surface area contributed by atoms with Gasteiger partial charge in [0.15, 0.2) is 0 Å². The Labute approximate surface area is 169 Å². The fraction of sp³-hybridized carbons (Fsp3) is 0.286. The van der Waals surface area contributed by atoms with Crippen LogP contribution < -0.4 is 10.6 Å². The summed E-state index contributed by atoms with van der Waals surface area (Å²) in [5.41, 5.74) is 2.15. The molecule has 1 aromatic carbocycles. The molecule has 1 aliphatic carbocycles. The first-order valence-corrected chi connectivity index (χ1v) is 9.87. The number of rotatable bonds is 5. The maximum atomic E-state index is 10.1. The summed E-state index contributed by atoms with van der Waals surface area (Å²) in [6, 6.07) is 10.9. The molecule has 1 saturated carbocycles. The number of halogens is 1. The van der Waals surface area contributed by atoms with Gasteiger partial charge < -0.3 is 15.7 Å². The quantitative estimate of drug-likeness (QED) is 0.502. The van der Waals surface area contributed by atoms with Crippen LogP contribution >= 0.6 is 11.6 Å². The van der Waals surface area contributed by atoms with Gasteiger partial charge in [-0.05, 0) is 43.2 Å². The van der Waals surface area contributed by atoms with Crippen LogP contribution in [0.4, 0.5) is 17.5 Å². The lowest BCUT2D eigenvalue weighted by atomic mass is 9.96. The largest absolute Gasteiger partial charge is 0.506 e. The second kappa shape index (κ2) is 8.44. The first-order chi connectivity index (χ1) is 13.7. The van der Waals surface area contributed by atoms with Gasteiger partial charge in [0.2, 0.25) is 5.95 Å². The molecule has 0 saturated heterocycles. The lowest BCUT2D eigenvalue weighted by Gasteiger charge is -2.23. The number of phenols is 1. The molecular weight excluding hydrogens is 374 g/mol. The molecule has 28 heavy (non-hydrogen) atoms. The van der Waals surface area contributed by atoms with E-state index in [0.29, 0.717) is 28.5 Å². The molecule has 2 heterocycles. The SMILES string of the molecule is Oc1ccc(Cl)cc1Nc1cc(-c2cccnc2)nc(NC2CCCCC2)n1. The van der Waals surface area contributed by atoms with Gasteiger partial charge >= 0.3 is 0 Å². The van der Waals surface area contributed by atoms with Gasteiger partial charge in [-0.15, -0.1) is 0 Å². The average Bonchev–Trinajstić information content (AvgIpc) is 2.72. The minimum absolute atomic E-state index is 0.104. The second-order valence-corrected chi connectivity index (χ2v) is 7.41. The molecule has 3 aromatic rings. The normalized spacial score (nSPS) is 14.6. The molecule has 0 aliphatic heterocycles.